The van der Waals surface area contributed by atoms with Gasteiger partial charge in [-0.1, -0.05) is 18.2 Å². The van der Waals surface area contributed by atoms with Crippen molar-refractivity contribution in [1.82, 2.24) is 0 Å². The second kappa shape index (κ2) is 4.11. The van der Waals surface area contributed by atoms with Crippen LogP contribution in [0.1, 0.15) is 29.2 Å². The molecule has 1 unspecified atom stereocenters. The van der Waals surface area contributed by atoms with Gasteiger partial charge in [0.1, 0.15) is 0 Å². The van der Waals surface area contributed by atoms with Crippen LogP contribution in [0.5, 0.6) is 0 Å². The minimum absolute atomic E-state index is 0.0194. The Kier molecular flexibility index (Phi) is 2.85. The van der Waals surface area contributed by atoms with E-state index in [2.05, 4.69) is 18.2 Å². The van der Waals surface area contributed by atoms with Crippen LogP contribution in [0.2, 0.25) is 0 Å². The molecule has 0 fully saturated rings. The monoisotopic (exact) mass is 191 g/mol. The van der Waals surface area contributed by atoms with Crippen molar-refractivity contribution in [1.29, 1.82) is 0 Å². The van der Waals surface area contributed by atoms with Gasteiger partial charge in [0.25, 0.3) is 0 Å². The summed E-state index contributed by atoms with van der Waals surface area (Å²) in [6, 6.07) is 6.61. The number of ether oxygens (including phenoxy) is 1. The first-order valence-electron chi connectivity index (χ1n) is 5.17. The smallest absolute Gasteiger partial charge is 0.0655 e. The Labute approximate surface area is 85.1 Å². The van der Waals surface area contributed by atoms with E-state index in [4.69, 9.17) is 10.5 Å². The summed E-state index contributed by atoms with van der Waals surface area (Å²) in [7, 11) is 1.69. The predicted octanol–water partition coefficient (Wildman–Crippen LogP) is 1.82. The number of benzene rings is 1. The van der Waals surface area contributed by atoms with Crippen molar-refractivity contribution in [2.24, 2.45) is 5.73 Å². The second-order valence-electron chi connectivity index (χ2n) is 3.94. The highest BCUT2D eigenvalue weighted by molar-refractivity contribution is 5.36. The molecule has 0 radical (unpaired) electrons. The molecule has 0 spiro atoms. The van der Waals surface area contributed by atoms with E-state index in [0.717, 1.165) is 0 Å². The zero-order valence-electron chi connectivity index (χ0n) is 8.62. The highest BCUT2D eigenvalue weighted by Gasteiger charge is 2.13. The van der Waals surface area contributed by atoms with Gasteiger partial charge in [0.15, 0.2) is 0 Å². The first kappa shape index (κ1) is 9.69. The van der Waals surface area contributed by atoms with Gasteiger partial charge in [-0.15, -0.1) is 0 Å². The average molecular weight is 191 g/mol. The molecule has 0 heterocycles. The van der Waals surface area contributed by atoms with Gasteiger partial charge >= 0.3 is 0 Å². The lowest BCUT2D eigenvalue weighted by Gasteiger charge is -2.12. The topological polar surface area (TPSA) is 35.2 Å². The lowest BCUT2D eigenvalue weighted by atomic mass is 10.0. The third-order valence-electron chi connectivity index (χ3n) is 2.90. The number of aryl methyl sites for hydroxylation is 2. The molecule has 76 valence electrons. The number of methoxy groups -OCH3 is 1. The minimum Gasteiger partial charge on any atom is -0.383 e. The van der Waals surface area contributed by atoms with Gasteiger partial charge in [0.2, 0.25) is 0 Å². The van der Waals surface area contributed by atoms with Gasteiger partial charge in [-0.2, -0.15) is 0 Å². The normalized spacial score (nSPS) is 16.7. The van der Waals surface area contributed by atoms with Gasteiger partial charge in [0, 0.05) is 7.11 Å². The number of fused-ring (bicyclic) bond motifs is 1. The molecule has 2 N–H and O–H groups in total. The zero-order valence-corrected chi connectivity index (χ0v) is 8.62. The molecular weight excluding hydrogens is 174 g/mol. The zero-order chi connectivity index (χ0) is 9.97. The summed E-state index contributed by atoms with van der Waals surface area (Å²) < 4.78 is 5.05. The van der Waals surface area contributed by atoms with Crippen molar-refractivity contribution >= 4 is 0 Å². The molecule has 0 aromatic heterocycles. The van der Waals surface area contributed by atoms with Crippen molar-refractivity contribution in [2.45, 2.75) is 25.3 Å². The van der Waals surface area contributed by atoms with Crippen LogP contribution in [0.15, 0.2) is 18.2 Å². The molecule has 0 saturated heterocycles. The molecule has 2 rings (SSSR count). The molecule has 2 nitrogen and oxygen atoms in total. The molecule has 0 saturated carbocycles. The van der Waals surface area contributed by atoms with E-state index in [1.165, 1.54) is 36.0 Å². The molecule has 1 aromatic carbocycles. The average Bonchev–Trinajstić information content (AvgIpc) is 2.64. The first-order valence-corrected chi connectivity index (χ1v) is 5.17. The summed E-state index contributed by atoms with van der Waals surface area (Å²) in [5, 5.41) is 0. The van der Waals surface area contributed by atoms with E-state index < -0.39 is 0 Å². The van der Waals surface area contributed by atoms with E-state index in [1.807, 2.05) is 0 Å². The summed E-state index contributed by atoms with van der Waals surface area (Å²) in [5.74, 6) is 0. The molecule has 14 heavy (non-hydrogen) atoms. The largest absolute Gasteiger partial charge is 0.383 e. The predicted molar refractivity (Wildman–Crippen MR) is 57.3 cm³/mol. The summed E-state index contributed by atoms with van der Waals surface area (Å²) in [5.41, 5.74) is 10.2. The Morgan fingerprint density at radius 2 is 2.14 bits per heavy atom. The van der Waals surface area contributed by atoms with Gasteiger partial charge in [-0.3, -0.25) is 0 Å². The van der Waals surface area contributed by atoms with Crippen LogP contribution >= 0.6 is 0 Å². The maximum absolute atomic E-state index is 5.97. The fraction of sp³-hybridized carbons (Fsp3) is 0.500. The van der Waals surface area contributed by atoms with E-state index in [1.54, 1.807) is 7.11 Å². The van der Waals surface area contributed by atoms with Crippen LogP contribution in [0.4, 0.5) is 0 Å². The van der Waals surface area contributed by atoms with Crippen LogP contribution in [-0.2, 0) is 17.6 Å². The van der Waals surface area contributed by atoms with Crippen molar-refractivity contribution in [3.63, 3.8) is 0 Å². The first-order chi connectivity index (χ1) is 6.81. The molecular formula is C12H17NO. The highest BCUT2D eigenvalue weighted by Crippen LogP contribution is 2.24. The standard InChI is InChI=1S/C12H17NO/c1-14-8-12(13)11-6-5-9-3-2-4-10(9)7-11/h5-7,12H,2-4,8,13H2,1H3. The van der Waals surface area contributed by atoms with Crippen molar-refractivity contribution in [3.8, 4) is 0 Å². The van der Waals surface area contributed by atoms with E-state index in [0.29, 0.717) is 6.61 Å². The molecule has 0 aliphatic heterocycles. The Hall–Kier alpha value is -0.860. The third kappa shape index (κ3) is 1.81. The molecule has 1 aliphatic rings. The van der Waals surface area contributed by atoms with Crippen LogP contribution < -0.4 is 5.73 Å². The van der Waals surface area contributed by atoms with Crippen LogP contribution in [0, 0.1) is 0 Å². The molecule has 1 atom stereocenters. The van der Waals surface area contributed by atoms with Crippen molar-refractivity contribution in [2.75, 3.05) is 13.7 Å². The fourth-order valence-corrected chi connectivity index (χ4v) is 2.10. The van der Waals surface area contributed by atoms with Crippen molar-refractivity contribution < 1.29 is 4.74 Å². The van der Waals surface area contributed by atoms with Crippen LogP contribution in [-0.4, -0.2) is 13.7 Å². The Bertz CT molecular complexity index is 322. The highest BCUT2D eigenvalue weighted by atomic mass is 16.5. The summed E-state index contributed by atoms with van der Waals surface area (Å²) in [4.78, 5) is 0. The van der Waals surface area contributed by atoms with Crippen LogP contribution in [0.3, 0.4) is 0 Å². The third-order valence-corrected chi connectivity index (χ3v) is 2.90. The Morgan fingerprint density at radius 1 is 1.36 bits per heavy atom. The van der Waals surface area contributed by atoms with E-state index in [9.17, 15) is 0 Å². The minimum atomic E-state index is 0.0194. The quantitative estimate of drug-likeness (QED) is 0.791. The number of hydrogen-bond acceptors (Lipinski definition) is 2. The molecule has 1 aliphatic carbocycles. The Balaban J connectivity index is 2.19. The molecule has 2 heteroatoms. The van der Waals surface area contributed by atoms with Gasteiger partial charge < -0.3 is 10.5 Å². The molecule has 1 aromatic rings. The lowest BCUT2D eigenvalue weighted by Crippen LogP contribution is -2.16. The van der Waals surface area contributed by atoms with Crippen molar-refractivity contribution in [3.05, 3.63) is 34.9 Å². The maximum Gasteiger partial charge on any atom is 0.0655 e. The molecule has 0 amide bonds. The maximum atomic E-state index is 5.97. The Morgan fingerprint density at radius 3 is 2.93 bits per heavy atom. The summed E-state index contributed by atoms with van der Waals surface area (Å²) >= 11 is 0. The summed E-state index contributed by atoms with van der Waals surface area (Å²) in [6.45, 7) is 0.596. The lowest BCUT2D eigenvalue weighted by molar-refractivity contribution is 0.181. The SMILES string of the molecule is COCC(N)c1ccc2c(c1)CCC2. The number of hydrogen-bond donors (Lipinski definition) is 1. The molecule has 0 bridgehead atoms. The van der Waals surface area contributed by atoms with Gasteiger partial charge in [0.05, 0.1) is 12.6 Å². The number of rotatable bonds is 3. The summed E-state index contributed by atoms with van der Waals surface area (Å²) in [6.07, 6.45) is 3.73. The van der Waals surface area contributed by atoms with Crippen LogP contribution in [0.25, 0.3) is 0 Å². The van der Waals surface area contributed by atoms with Gasteiger partial charge in [-0.05, 0) is 36.0 Å². The van der Waals surface area contributed by atoms with E-state index >= 15 is 0 Å². The number of nitrogens with two attached hydrogens (primary N) is 1. The van der Waals surface area contributed by atoms with E-state index in [-0.39, 0.29) is 6.04 Å². The van der Waals surface area contributed by atoms with Gasteiger partial charge in [-0.25, -0.2) is 0 Å². The second-order valence-corrected chi connectivity index (χ2v) is 3.94. The fourth-order valence-electron chi connectivity index (χ4n) is 2.10.